The number of carbonyl (C=O) groups excluding carboxylic acids is 1. The number of ether oxygens (including phenoxy) is 2. The highest BCUT2D eigenvalue weighted by Crippen LogP contribution is 2.40. The number of benzene rings is 1. The summed E-state index contributed by atoms with van der Waals surface area (Å²) in [6.45, 7) is 5.36. The van der Waals surface area contributed by atoms with Crippen LogP contribution in [0, 0.1) is 17.1 Å². The van der Waals surface area contributed by atoms with Gasteiger partial charge in [0.25, 0.3) is 5.91 Å². The van der Waals surface area contributed by atoms with Crippen LogP contribution in [0.3, 0.4) is 0 Å². The number of aryl methyl sites for hydroxylation is 1. The molecular weight excluding hydrogens is 523 g/mol. The average Bonchev–Trinajstić information content (AvgIpc) is 3.58. The molecule has 10 heteroatoms. The number of nitrogens with one attached hydrogen (secondary N) is 1. The second-order valence-electron chi connectivity index (χ2n) is 11.2. The number of hydrogen-bond acceptors (Lipinski definition) is 8. The largest absolute Gasteiger partial charge is 0.487 e. The van der Waals surface area contributed by atoms with E-state index in [1.165, 1.54) is 18.2 Å². The van der Waals surface area contributed by atoms with Crippen LogP contribution in [0.4, 0.5) is 10.1 Å². The van der Waals surface area contributed by atoms with Gasteiger partial charge >= 0.3 is 0 Å². The maximum Gasteiger partial charge on any atom is 0.272 e. The van der Waals surface area contributed by atoms with Gasteiger partial charge in [-0.05, 0) is 68.9 Å². The number of likely N-dealkylation sites (tertiary alicyclic amines) is 1. The smallest absolute Gasteiger partial charge is 0.272 e. The Balaban J connectivity index is 1.21. The van der Waals surface area contributed by atoms with Gasteiger partial charge in [-0.15, -0.1) is 0 Å². The Morgan fingerprint density at radius 3 is 2.90 bits per heavy atom. The Kier molecular flexibility index (Phi) is 7.32. The molecule has 1 aromatic carbocycles. The third kappa shape index (κ3) is 5.47. The molecule has 212 valence electrons. The Morgan fingerprint density at radius 2 is 2.15 bits per heavy atom. The van der Waals surface area contributed by atoms with Gasteiger partial charge < -0.3 is 24.6 Å². The molecule has 5 heterocycles. The van der Waals surface area contributed by atoms with Crippen molar-refractivity contribution >= 4 is 11.6 Å². The number of halogens is 1. The van der Waals surface area contributed by atoms with Crippen LogP contribution in [-0.4, -0.2) is 78.4 Å². The Bertz CT molecular complexity index is 1500. The number of hydrogen-bond donors (Lipinski definition) is 1. The van der Waals surface area contributed by atoms with E-state index in [1.54, 1.807) is 6.20 Å². The molecule has 3 aliphatic rings. The van der Waals surface area contributed by atoms with E-state index in [2.05, 4.69) is 34.1 Å². The van der Waals surface area contributed by atoms with E-state index in [0.29, 0.717) is 37.6 Å². The molecule has 6 rings (SSSR count). The summed E-state index contributed by atoms with van der Waals surface area (Å²) in [6.07, 6.45) is 3.82. The van der Waals surface area contributed by atoms with Gasteiger partial charge in [0, 0.05) is 49.6 Å². The molecule has 0 bridgehead atoms. The van der Waals surface area contributed by atoms with E-state index >= 15 is 0 Å². The second-order valence-corrected chi connectivity index (χ2v) is 11.2. The lowest BCUT2D eigenvalue weighted by molar-refractivity contribution is -0.0196. The van der Waals surface area contributed by atoms with Gasteiger partial charge in [0.15, 0.2) is 5.69 Å². The van der Waals surface area contributed by atoms with E-state index < -0.39 is 11.4 Å². The van der Waals surface area contributed by atoms with Crippen molar-refractivity contribution in [3.05, 3.63) is 71.4 Å². The summed E-state index contributed by atoms with van der Waals surface area (Å²) in [6, 6.07) is 13.8. The zero-order valence-corrected chi connectivity index (χ0v) is 23.3. The van der Waals surface area contributed by atoms with Crippen molar-refractivity contribution in [3.63, 3.8) is 0 Å². The number of aromatic nitrogens is 2. The van der Waals surface area contributed by atoms with Crippen molar-refractivity contribution in [1.82, 2.24) is 20.2 Å². The standard InChI is InChI=1S/C31H33FN6O3/c1-3-25-24(5-4-11-34-25)26-7-8-27(29(36-26)30(39)35-22-10-12-37(2)16-22)38-18-31(19-38)14-23(17-40-31)41-28-9-6-21(32)13-20(28)15-33/h4-9,11,13,22-23H,3,10,12,14,16-19H2,1-2H3,(H,35,39)/t22-,23?/m1/s1. The molecule has 1 spiro atoms. The second kappa shape index (κ2) is 11.1. The lowest BCUT2D eigenvalue weighted by Crippen LogP contribution is -2.62. The molecular formula is C31H33FN6O3. The first-order chi connectivity index (χ1) is 19.9. The highest BCUT2D eigenvalue weighted by molar-refractivity contribution is 5.99. The first-order valence-corrected chi connectivity index (χ1v) is 14.1. The third-order valence-corrected chi connectivity index (χ3v) is 8.15. The molecule has 3 saturated heterocycles. The highest BCUT2D eigenvalue weighted by atomic mass is 19.1. The molecule has 0 aliphatic carbocycles. The number of anilines is 1. The molecule has 3 fully saturated rings. The number of amides is 1. The van der Waals surface area contributed by atoms with Gasteiger partial charge in [0.1, 0.15) is 29.3 Å². The molecule has 2 aromatic heterocycles. The molecule has 0 radical (unpaired) electrons. The van der Waals surface area contributed by atoms with E-state index in [9.17, 15) is 14.4 Å². The first-order valence-electron chi connectivity index (χ1n) is 14.1. The van der Waals surface area contributed by atoms with E-state index in [-0.39, 0.29) is 23.6 Å². The van der Waals surface area contributed by atoms with Crippen molar-refractivity contribution in [2.24, 2.45) is 0 Å². The van der Waals surface area contributed by atoms with Gasteiger partial charge in [-0.2, -0.15) is 5.26 Å². The van der Waals surface area contributed by atoms with Gasteiger partial charge in [0.05, 0.1) is 23.6 Å². The van der Waals surface area contributed by atoms with Gasteiger partial charge in [-0.1, -0.05) is 6.92 Å². The summed E-state index contributed by atoms with van der Waals surface area (Å²) in [5.74, 6) is -0.302. The quantitative estimate of drug-likeness (QED) is 0.471. The highest BCUT2D eigenvalue weighted by Gasteiger charge is 2.51. The summed E-state index contributed by atoms with van der Waals surface area (Å²) in [7, 11) is 2.06. The predicted molar refractivity (Wildman–Crippen MR) is 151 cm³/mol. The monoisotopic (exact) mass is 556 g/mol. The van der Waals surface area contributed by atoms with Crippen LogP contribution < -0.4 is 15.0 Å². The lowest BCUT2D eigenvalue weighted by Gasteiger charge is -2.48. The summed E-state index contributed by atoms with van der Waals surface area (Å²) in [4.78, 5) is 27.4. The van der Waals surface area contributed by atoms with Crippen molar-refractivity contribution < 1.29 is 18.7 Å². The van der Waals surface area contributed by atoms with Crippen LogP contribution in [-0.2, 0) is 11.2 Å². The molecule has 3 aliphatic heterocycles. The van der Waals surface area contributed by atoms with Gasteiger partial charge in [-0.3, -0.25) is 9.78 Å². The van der Waals surface area contributed by atoms with Crippen LogP contribution in [0.2, 0.25) is 0 Å². The molecule has 1 unspecified atom stereocenters. The maximum absolute atomic E-state index is 13.6. The molecule has 2 atom stereocenters. The SMILES string of the molecule is CCc1ncccc1-c1ccc(N2CC3(CC(Oc4ccc(F)cc4C#N)CO3)C2)c(C(=O)N[C@@H]2CCN(C)C2)n1. The van der Waals surface area contributed by atoms with E-state index in [4.69, 9.17) is 14.5 Å². The molecule has 1 N–H and O–H groups in total. The Hall–Kier alpha value is -4.07. The summed E-state index contributed by atoms with van der Waals surface area (Å²) >= 11 is 0. The number of nitriles is 1. The number of nitrogens with zero attached hydrogens (tertiary/aromatic N) is 5. The van der Waals surface area contributed by atoms with Crippen LogP contribution >= 0.6 is 0 Å². The molecule has 9 nitrogen and oxygen atoms in total. The van der Waals surface area contributed by atoms with Gasteiger partial charge in [-0.25, -0.2) is 9.37 Å². The fourth-order valence-electron chi connectivity index (χ4n) is 6.07. The molecule has 3 aromatic rings. The lowest BCUT2D eigenvalue weighted by atomic mass is 9.89. The average molecular weight is 557 g/mol. The Morgan fingerprint density at radius 1 is 1.29 bits per heavy atom. The van der Waals surface area contributed by atoms with Crippen molar-refractivity contribution in [3.8, 4) is 23.1 Å². The van der Waals surface area contributed by atoms with Crippen molar-refractivity contribution in [2.75, 3.05) is 44.7 Å². The summed E-state index contributed by atoms with van der Waals surface area (Å²) < 4.78 is 25.8. The van der Waals surface area contributed by atoms with Crippen LogP contribution in [0.15, 0.2) is 48.7 Å². The summed E-state index contributed by atoms with van der Waals surface area (Å²) in [5, 5.41) is 12.6. The summed E-state index contributed by atoms with van der Waals surface area (Å²) in [5.41, 5.74) is 3.49. The molecule has 0 saturated carbocycles. The topological polar surface area (TPSA) is 104 Å². The minimum Gasteiger partial charge on any atom is -0.487 e. The minimum absolute atomic E-state index is 0.0824. The zero-order chi connectivity index (χ0) is 28.6. The fraction of sp³-hybridized carbons (Fsp3) is 0.419. The van der Waals surface area contributed by atoms with E-state index in [0.717, 1.165) is 48.6 Å². The predicted octanol–water partition coefficient (Wildman–Crippen LogP) is 3.58. The van der Waals surface area contributed by atoms with Crippen LogP contribution in [0.5, 0.6) is 5.75 Å². The number of likely N-dealkylation sites (N-methyl/N-ethyl adjacent to an activating group) is 1. The zero-order valence-electron chi connectivity index (χ0n) is 23.3. The molecule has 41 heavy (non-hydrogen) atoms. The minimum atomic E-state index is -0.475. The van der Waals surface area contributed by atoms with Crippen LogP contribution in [0.1, 0.15) is 41.5 Å². The fourth-order valence-corrected chi connectivity index (χ4v) is 6.07. The number of carbonyl (C=O) groups is 1. The van der Waals surface area contributed by atoms with Crippen molar-refractivity contribution in [1.29, 1.82) is 5.26 Å². The van der Waals surface area contributed by atoms with Crippen LogP contribution in [0.25, 0.3) is 11.3 Å². The Labute approximate surface area is 238 Å². The molecule has 1 amide bonds. The number of pyridine rings is 2. The first kappa shape index (κ1) is 27.1. The van der Waals surface area contributed by atoms with E-state index in [1.807, 2.05) is 30.3 Å². The number of rotatable bonds is 7. The normalized spacial score (nSPS) is 21.5. The van der Waals surface area contributed by atoms with Gasteiger partial charge in [0.2, 0.25) is 0 Å². The maximum atomic E-state index is 13.6. The third-order valence-electron chi connectivity index (χ3n) is 8.15. The van der Waals surface area contributed by atoms with Crippen molar-refractivity contribution in [2.45, 2.75) is 43.9 Å².